The molecule has 0 amide bonds. The zero-order valence-corrected chi connectivity index (χ0v) is 14.5. The molecule has 1 aromatic carbocycles. The van der Waals surface area contributed by atoms with Crippen LogP contribution in [0.1, 0.15) is 26.8 Å². The van der Waals surface area contributed by atoms with Gasteiger partial charge in [0.2, 0.25) is 5.43 Å². The van der Waals surface area contributed by atoms with Crippen molar-refractivity contribution < 1.29 is 27.4 Å². The molecule has 5 nitrogen and oxygen atoms in total. The van der Waals surface area contributed by atoms with Crippen molar-refractivity contribution in [3.8, 4) is 5.75 Å². The first-order chi connectivity index (χ1) is 12.2. The summed E-state index contributed by atoms with van der Waals surface area (Å²) in [6, 6.07) is -0.00700. The van der Waals surface area contributed by atoms with Gasteiger partial charge in [0.15, 0.2) is 23.2 Å². The van der Waals surface area contributed by atoms with Gasteiger partial charge in [-0.1, -0.05) is 19.9 Å². The van der Waals surface area contributed by atoms with E-state index in [0.29, 0.717) is 6.07 Å². The molecule has 0 saturated carbocycles. The van der Waals surface area contributed by atoms with Crippen LogP contribution in [0, 0.1) is 23.4 Å². The molecule has 26 heavy (non-hydrogen) atoms. The van der Waals surface area contributed by atoms with Gasteiger partial charge in [-0.2, -0.15) is 0 Å². The third kappa shape index (κ3) is 3.44. The molecule has 2 aromatic rings. The van der Waals surface area contributed by atoms with Crippen molar-refractivity contribution in [3.05, 3.63) is 52.6 Å². The number of aromatic nitrogens is 1. The van der Waals surface area contributed by atoms with E-state index in [1.807, 2.05) is 0 Å². The summed E-state index contributed by atoms with van der Waals surface area (Å²) in [5.41, 5.74) is -1.41. The summed E-state index contributed by atoms with van der Waals surface area (Å²) in [4.78, 5) is 24.0. The Bertz CT molecular complexity index is 921. The average Bonchev–Trinajstić information content (AvgIpc) is 2.57. The number of benzene rings is 1. The predicted molar refractivity (Wildman–Crippen MR) is 89.8 cm³/mol. The SMILES string of the molecule is C=CC(C(C)C)n1cc(OC(=O)OCC)c(=O)c2cc(F)c(F)c(F)c21. The Labute approximate surface area is 147 Å². The largest absolute Gasteiger partial charge is 0.514 e. The fourth-order valence-electron chi connectivity index (χ4n) is 2.65. The predicted octanol–water partition coefficient (Wildman–Crippen LogP) is 4.34. The normalized spacial score (nSPS) is 12.3. The Balaban J connectivity index is 2.87. The number of hydrogen-bond donors (Lipinski definition) is 0. The summed E-state index contributed by atoms with van der Waals surface area (Å²) < 4.78 is 52.5. The Morgan fingerprint density at radius 2 is 1.96 bits per heavy atom. The zero-order valence-electron chi connectivity index (χ0n) is 14.5. The van der Waals surface area contributed by atoms with Gasteiger partial charge in [-0.3, -0.25) is 4.79 Å². The molecule has 0 bridgehead atoms. The molecule has 0 saturated heterocycles. The average molecular weight is 369 g/mol. The van der Waals surface area contributed by atoms with Crippen LogP contribution in [0.3, 0.4) is 0 Å². The molecule has 0 aliphatic rings. The third-order valence-electron chi connectivity index (χ3n) is 3.82. The minimum absolute atomic E-state index is 0.0103. The van der Waals surface area contributed by atoms with Gasteiger partial charge in [-0.25, -0.2) is 18.0 Å². The van der Waals surface area contributed by atoms with Gasteiger partial charge in [0.1, 0.15) is 0 Å². The smallest absolute Gasteiger partial charge is 0.434 e. The fourth-order valence-corrected chi connectivity index (χ4v) is 2.65. The number of hydrogen-bond acceptors (Lipinski definition) is 4. The van der Waals surface area contributed by atoms with Crippen LogP contribution < -0.4 is 10.2 Å². The lowest BCUT2D eigenvalue weighted by Gasteiger charge is -2.24. The van der Waals surface area contributed by atoms with E-state index in [-0.39, 0.29) is 12.5 Å². The van der Waals surface area contributed by atoms with Crippen LogP contribution in [-0.4, -0.2) is 17.3 Å². The summed E-state index contributed by atoms with van der Waals surface area (Å²) >= 11 is 0. The number of halogens is 3. The Morgan fingerprint density at radius 1 is 1.31 bits per heavy atom. The molecule has 0 aliphatic carbocycles. The van der Waals surface area contributed by atoms with Crippen LogP contribution in [0.15, 0.2) is 29.7 Å². The fraction of sp³-hybridized carbons (Fsp3) is 0.333. The topological polar surface area (TPSA) is 57.5 Å². The Hall–Kier alpha value is -2.77. The van der Waals surface area contributed by atoms with Crippen molar-refractivity contribution in [1.82, 2.24) is 4.57 Å². The Kier molecular flexibility index (Phi) is 5.74. The van der Waals surface area contributed by atoms with Gasteiger partial charge < -0.3 is 14.0 Å². The van der Waals surface area contributed by atoms with Crippen molar-refractivity contribution in [2.75, 3.05) is 6.61 Å². The lowest BCUT2D eigenvalue weighted by molar-refractivity contribution is 0.103. The summed E-state index contributed by atoms with van der Waals surface area (Å²) in [6.45, 7) is 8.79. The van der Waals surface area contributed by atoms with E-state index in [9.17, 15) is 22.8 Å². The van der Waals surface area contributed by atoms with E-state index in [4.69, 9.17) is 4.74 Å². The van der Waals surface area contributed by atoms with Crippen LogP contribution in [0.25, 0.3) is 10.9 Å². The van der Waals surface area contributed by atoms with Gasteiger partial charge in [-0.05, 0) is 18.9 Å². The molecule has 2 rings (SSSR count). The molecule has 0 fully saturated rings. The zero-order chi connectivity index (χ0) is 19.6. The van der Waals surface area contributed by atoms with Crippen LogP contribution in [0.4, 0.5) is 18.0 Å². The number of carbonyl (C=O) groups excluding carboxylic acids is 1. The molecule has 0 spiro atoms. The summed E-state index contributed by atoms with van der Waals surface area (Å²) in [7, 11) is 0. The second-order valence-electron chi connectivity index (χ2n) is 5.87. The molecular formula is C18H18F3NO4. The quantitative estimate of drug-likeness (QED) is 0.447. The van der Waals surface area contributed by atoms with E-state index in [1.54, 1.807) is 20.8 Å². The van der Waals surface area contributed by atoms with Gasteiger partial charge in [-0.15, -0.1) is 6.58 Å². The number of carbonyl (C=O) groups is 1. The van der Waals surface area contributed by atoms with E-state index in [0.717, 1.165) is 6.20 Å². The van der Waals surface area contributed by atoms with Crippen molar-refractivity contribution >= 4 is 17.1 Å². The highest BCUT2D eigenvalue weighted by atomic mass is 19.2. The first-order valence-electron chi connectivity index (χ1n) is 7.92. The van der Waals surface area contributed by atoms with Crippen LogP contribution >= 0.6 is 0 Å². The monoisotopic (exact) mass is 369 g/mol. The second kappa shape index (κ2) is 7.63. The minimum Gasteiger partial charge on any atom is -0.434 e. The number of rotatable bonds is 5. The number of pyridine rings is 1. The molecule has 0 N–H and O–H groups in total. The highest BCUT2D eigenvalue weighted by molar-refractivity contribution is 5.82. The molecule has 1 unspecified atom stereocenters. The third-order valence-corrected chi connectivity index (χ3v) is 3.82. The molecule has 1 atom stereocenters. The maximum Gasteiger partial charge on any atom is 0.514 e. The second-order valence-corrected chi connectivity index (χ2v) is 5.87. The van der Waals surface area contributed by atoms with E-state index >= 15 is 0 Å². The number of allylic oxidation sites excluding steroid dienone is 1. The summed E-state index contributed by atoms with van der Waals surface area (Å²) in [5.74, 6) is -5.36. The highest BCUT2D eigenvalue weighted by Gasteiger charge is 2.25. The molecule has 0 aliphatic heterocycles. The van der Waals surface area contributed by atoms with Crippen LogP contribution in [0.2, 0.25) is 0 Å². The number of ether oxygens (including phenoxy) is 2. The van der Waals surface area contributed by atoms with Gasteiger partial charge >= 0.3 is 6.16 Å². The molecule has 140 valence electrons. The standard InChI is InChI=1S/C18H18F3NO4/c1-5-12(9(3)4)22-8-13(26-18(24)25-6-2)17(23)10-7-11(19)14(20)15(21)16(10)22/h5,7-9,12H,1,6H2,2-4H3. The molecule has 0 radical (unpaired) electrons. The number of nitrogens with zero attached hydrogens (tertiary/aromatic N) is 1. The van der Waals surface area contributed by atoms with Crippen molar-refractivity contribution in [3.63, 3.8) is 0 Å². The number of fused-ring (bicyclic) bond motifs is 1. The lowest BCUT2D eigenvalue weighted by Crippen LogP contribution is -2.22. The summed E-state index contributed by atoms with van der Waals surface area (Å²) in [5, 5.41) is -0.462. The molecule has 1 aromatic heterocycles. The van der Waals surface area contributed by atoms with Gasteiger partial charge in [0, 0.05) is 0 Å². The first kappa shape index (κ1) is 19.6. The maximum absolute atomic E-state index is 14.4. The highest BCUT2D eigenvalue weighted by Crippen LogP contribution is 2.29. The van der Waals surface area contributed by atoms with Gasteiger partial charge in [0.25, 0.3) is 0 Å². The van der Waals surface area contributed by atoms with Crippen LogP contribution in [-0.2, 0) is 4.74 Å². The van der Waals surface area contributed by atoms with Gasteiger partial charge in [0.05, 0.1) is 29.7 Å². The van der Waals surface area contributed by atoms with E-state index in [2.05, 4.69) is 11.3 Å². The maximum atomic E-state index is 14.4. The van der Waals surface area contributed by atoms with Crippen LogP contribution in [0.5, 0.6) is 5.75 Å². The summed E-state index contributed by atoms with van der Waals surface area (Å²) in [6.07, 6.45) is 1.39. The van der Waals surface area contributed by atoms with E-state index in [1.165, 1.54) is 10.6 Å². The minimum atomic E-state index is -1.70. The molecule has 8 heteroatoms. The lowest BCUT2D eigenvalue weighted by atomic mass is 10.0. The molecule has 1 heterocycles. The van der Waals surface area contributed by atoms with Crippen molar-refractivity contribution in [1.29, 1.82) is 0 Å². The first-order valence-corrected chi connectivity index (χ1v) is 7.92. The Morgan fingerprint density at radius 3 is 2.50 bits per heavy atom. The van der Waals surface area contributed by atoms with Crippen molar-refractivity contribution in [2.24, 2.45) is 5.92 Å². The molecular weight excluding hydrogens is 351 g/mol. The van der Waals surface area contributed by atoms with E-state index < -0.39 is 51.7 Å². The van der Waals surface area contributed by atoms with Crippen molar-refractivity contribution in [2.45, 2.75) is 26.8 Å².